The average Bonchev–Trinajstić information content (AvgIpc) is 1.91. The highest BCUT2D eigenvalue weighted by Crippen LogP contribution is 2.03. The summed E-state index contributed by atoms with van der Waals surface area (Å²) in [4.78, 5) is 0. The third-order valence-corrected chi connectivity index (χ3v) is 1.10. The van der Waals surface area contributed by atoms with Crippen LogP contribution in [0.4, 0.5) is 0 Å². The molecule has 1 atom stereocenters. The number of hydroxylamine groups is 2. The Morgan fingerprint density at radius 1 is 1.86 bits per heavy atom. The summed E-state index contributed by atoms with van der Waals surface area (Å²) in [6.45, 7) is 3.10. The fraction of sp³-hybridized carbons (Fsp3) is 1.00. The Labute approximate surface area is 42.4 Å². The predicted molar refractivity (Wildman–Crippen MR) is 23.9 cm³/mol. The van der Waals surface area contributed by atoms with Gasteiger partial charge in [-0.2, -0.15) is 5.06 Å². The molecule has 1 aliphatic heterocycles. The molecule has 7 heavy (non-hydrogen) atoms. The second-order valence-electron chi connectivity index (χ2n) is 1.63. The van der Waals surface area contributed by atoms with Crippen LogP contribution in [0, 0.1) is 0 Å². The Bertz CT molecular complexity index is 58.7. The maximum absolute atomic E-state index is 8.71. The molecule has 0 spiro atoms. The molecule has 0 radical (unpaired) electrons. The topological polar surface area (TPSA) is 32.7 Å². The molecule has 1 rings (SSSR count). The second-order valence-corrected chi connectivity index (χ2v) is 1.63. The van der Waals surface area contributed by atoms with Gasteiger partial charge in [0.15, 0.2) is 0 Å². The van der Waals surface area contributed by atoms with Gasteiger partial charge in [-0.1, -0.05) is 0 Å². The third kappa shape index (κ3) is 0.907. The quantitative estimate of drug-likeness (QED) is 0.470. The van der Waals surface area contributed by atoms with Crippen molar-refractivity contribution < 1.29 is 9.94 Å². The van der Waals surface area contributed by atoms with Crippen LogP contribution in [0.15, 0.2) is 0 Å². The summed E-state index contributed by atoms with van der Waals surface area (Å²) in [5, 5.41) is 9.89. The average molecular weight is 103 g/mol. The van der Waals surface area contributed by atoms with E-state index >= 15 is 0 Å². The molecule has 1 aliphatic rings. The highest BCUT2D eigenvalue weighted by molar-refractivity contribution is 4.53. The molecule has 0 saturated carbocycles. The fourth-order valence-electron chi connectivity index (χ4n) is 0.585. The summed E-state index contributed by atoms with van der Waals surface area (Å²) in [5.41, 5.74) is 0. The third-order valence-electron chi connectivity index (χ3n) is 1.10. The molecule has 0 aromatic carbocycles. The minimum absolute atomic E-state index is 0.0972. The lowest BCUT2D eigenvalue weighted by atomic mass is 10.6. The van der Waals surface area contributed by atoms with Gasteiger partial charge in [0, 0.05) is 0 Å². The Morgan fingerprint density at radius 2 is 2.57 bits per heavy atom. The number of ether oxygens (including phenoxy) is 1. The van der Waals surface area contributed by atoms with E-state index in [1.54, 1.807) is 0 Å². The van der Waals surface area contributed by atoms with Crippen LogP contribution in [0.1, 0.15) is 6.92 Å². The van der Waals surface area contributed by atoms with E-state index in [0.29, 0.717) is 13.2 Å². The Morgan fingerprint density at radius 3 is 2.71 bits per heavy atom. The van der Waals surface area contributed by atoms with Gasteiger partial charge in [0.25, 0.3) is 0 Å². The Hall–Kier alpha value is -0.120. The molecule has 1 heterocycles. The normalized spacial score (nSPS) is 34.3. The minimum atomic E-state index is -0.0972. The largest absolute Gasteiger partial charge is 0.360 e. The first-order valence-electron chi connectivity index (χ1n) is 2.38. The van der Waals surface area contributed by atoms with Crippen molar-refractivity contribution in [3.05, 3.63) is 0 Å². The van der Waals surface area contributed by atoms with Crippen LogP contribution in [0.5, 0.6) is 0 Å². The van der Waals surface area contributed by atoms with Gasteiger partial charge in [-0.05, 0) is 6.92 Å². The highest BCUT2D eigenvalue weighted by Gasteiger charge is 2.17. The maximum atomic E-state index is 8.71. The smallest absolute Gasteiger partial charge is 0.130 e. The summed E-state index contributed by atoms with van der Waals surface area (Å²) in [7, 11) is 0. The van der Waals surface area contributed by atoms with Gasteiger partial charge in [-0.25, -0.2) is 0 Å². The van der Waals surface area contributed by atoms with Crippen molar-refractivity contribution in [2.45, 2.75) is 13.2 Å². The van der Waals surface area contributed by atoms with E-state index in [1.807, 2.05) is 6.92 Å². The molecule has 0 aliphatic carbocycles. The minimum Gasteiger partial charge on any atom is -0.360 e. The molecule has 3 nitrogen and oxygen atoms in total. The van der Waals surface area contributed by atoms with Gasteiger partial charge in [-0.15, -0.1) is 0 Å². The number of hydrogen-bond donors (Lipinski definition) is 1. The van der Waals surface area contributed by atoms with Crippen LogP contribution in [0.3, 0.4) is 0 Å². The maximum Gasteiger partial charge on any atom is 0.130 e. The van der Waals surface area contributed by atoms with Crippen molar-refractivity contribution >= 4 is 0 Å². The first-order valence-corrected chi connectivity index (χ1v) is 2.38. The molecule has 0 aromatic heterocycles. The van der Waals surface area contributed by atoms with E-state index in [4.69, 9.17) is 9.94 Å². The SMILES string of the molecule is CC1OCCN1O. The monoisotopic (exact) mass is 103 g/mol. The van der Waals surface area contributed by atoms with Crippen LogP contribution in [-0.4, -0.2) is 29.7 Å². The van der Waals surface area contributed by atoms with Crippen molar-refractivity contribution in [1.82, 2.24) is 5.06 Å². The molecular formula is C4H9NO2. The van der Waals surface area contributed by atoms with Crippen molar-refractivity contribution in [1.29, 1.82) is 0 Å². The molecule has 1 fully saturated rings. The summed E-state index contributed by atoms with van der Waals surface area (Å²) in [5.74, 6) is 0. The molecular weight excluding hydrogens is 94.0 g/mol. The van der Waals surface area contributed by atoms with Gasteiger partial charge in [-0.3, -0.25) is 0 Å². The first-order chi connectivity index (χ1) is 3.30. The molecule has 1 saturated heterocycles. The van der Waals surface area contributed by atoms with Gasteiger partial charge in [0.1, 0.15) is 6.23 Å². The summed E-state index contributed by atoms with van der Waals surface area (Å²) in [6, 6.07) is 0. The summed E-state index contributed by atoms with van der Waals surface area (Å²) < 4.78 is 4.94. The highest BCUT2D eigenvalue weighted by atomic mass is 16.6. The van der Waals surface area contributed by atoms with Crippen molar-refractivity contribution in [3.63, 3.8) is 0 Å². The van der Waals surface area contributed by atoms with Crippen LogP contribution >= 0.6 is 0 Å². The lowest BCUT2D eigenvalue weighted by Crippen LogP contribution is -2.22. The predicted octanol–water partition coefficient (Wildman–Crippen LogP) is 0.0538. The molecule has 1 N–H and O–H groups in total. The van der Waals surface area contributed by atoms with Gasteiger partial charge >= 0.3 is 0 Å². The van der Waals surface area contributed by atoms with Crippen molar-refractivity contribution in [2.75, 3.05) is 13.2 Å². The number of nitrogens with zero attached hydrogens (tertiary/aromatic N) is 1. The lowest BCUT2D eigenvalue weighted by Gasteiger charge is -2.08. The zero-order valence-electron chi connectivity index (χ0n) is 4.29. The second kappa shape index (κ2) is 1.78. The Balaban J connectivity index is 2.33. The molecule has 3 heteroatoms. The van der Waals surface area contributed by atoms with E-state index < -0.39 is 0 Å². The number of rotatable bonds is 0. The molecule has 42 valence electrons. The summed E-state index contributed by atoms with van der Waals surface area (Å²) in [6.07, 6.45) is -0.0972. The van der Waals surface area contributed by atoms with E-state index in [2.05, 4.69) is 0 Å². The van der Waals surface area contributed by atoms with Gasteiger partial charge in [0.05, 0.1) is 13.2 Å². The van der Waals surface area contributed by atoms with Crippen molar-refractivity contribution in [2.24, 2.45) is 0 Å². The first kappa shape index (κ1) is 5.03. The van der Waals surface area contributed by atoms with Crippen LogP contribution in [0.2, 0.25) is 0 Å². The summed E-state index contributed by atoms with van der Waals surface area (Å²) >= 11 is 0. The van der Waals surface area contributed by atoms with E-state index in [0.717, 1.165) is 0 Å². The lowest BCUT2D eigenvalue weighted by molar-refractivity contribution is -0.144. The van der Waals surface area contributed by atoms with Crippen LogP contribution < -0.4 is 0 Å². The molecule has 0 aromatic rings. The number of hydrogen-bond acceptors (Lipinski definition) is 3. The van der Waals surface area contributed by atoms with Crippen LogP contribution in [0.25, 0.3) is 0 Å². The van der Waals surface area contributed by atoms with Crippen LogP contribution in [-0.2, 0) is 4.74 Å². The zero-order chi connectivity index (χ0) is 5.28. The van der Waals surface area contributed by atoms with E-state index in [-0.39, 0.29) is 6.23 Å². The molecule has 1 unspecified atom stereocenters. The van der Waals surface area contributed by atoms with Crippen molar-refractivity contribution in [3.8, 4) is 0 Å². The zero-order valence-corrected chi connectivity index (χ0v) is 4.29. The molecule has 0 amide bonds. The van der Waals surface area contributed by atoms with Gasteiger partial charge < -0.3 is 9.94 Å². The Kier molecular flexibility index (Phi) is 1.27. The molecule has 0 bridgehead atoms. The van der Waals surface area contributed by atoms with E-state index in [9.17, 15) is 0 Å². The van der Waals surface area contributed by atoms with Gasteiger partial charge in [0.2, 0.25) is 0 Å². The standard InChI is InChI=1S/C4H9NO2/c1-4-5(6)2-3-7-4/h4,6H,2-3H2,1H3. The van der Waals surface area contributed by atoms with E-state index in [1.165, 1.54) is 5.06 Å². The fourth-order valence-corrected chi connectivity index (χ4v) is 0.585.